The van der Waals surface area contributed by atoms with Crippen LogP contribution in [-0.2, 0) is 10.0 Å². The van der Waals surface area contributed by atoms with Gasteiger partial charge in [0.25, 0.3) is 0 Å². The number of likely N-dealkylation sites (tertiary alicyclic amines) is 1. The standard InChI is InChI=1S/C20H33N3O2S/c1-15(2)19-13-23(14-20(19)21-26(4,24)25)18-9-11-22(12-10-18)17-7-5-16(3)6-8-17/h5-8,15,18-21H,9-14H2,1-4H3/t19-,20+/m0/s1. The number of piperidine rings is 1. The van der Waals surface area contributed by atoms with Crippen LogP contribution in [-0.4, -0.2) is 57.8 Å². The van der Waals surface area contributed by atoms with Crippen LogP contribution in [0.5, 0.6) is 0 Å². The second-order valence-electron chi connectivity index (χ2n) is 8.41. The summed E-state index contributed by atoms with van der Waals surface area (Å²) in [6.07, 6.45) is 3.56. The molecule has 0 bridgehead atoms. The Morgan fingerprint density at radius 1 is 1.08 bits per heavy atom. The predicted molar refractivity (Wildman–Crippen MR) is 108 cm³/mol. The maximum absolute atomic E-state index is 11.7. The first-order valence-electron chi connectivity index (χ1n) is 9.76. The Labute approximate surface area is 158 Å². The number of nitrogens with zero attached hydrogens (tertiary/aromatic N) is 2. The summed E-state index contributed by atoms with van der Waals surface area (Å²) in [6.45, 7) is 10.5. The molecule has 1 N–H and O–H groups in total. The minimum atomic E-state index is -3.16. The predicted octanol–water partition coefficient (Wildman–Crippen LogP) is 2.47. The van der Waals surface area contributed by atoms with Crippen LogP contribution in [0.3, 0.4) is 0 Å². The normalized spacial score (nSPS) is 26.0. The van der Waals surface area contributed by atoms with E-state index in [1.807, 2.05) is 0 Å². The fourth-order valence-electron chi connectivity index (χ4n) is 4.48. The van der Waals surface area contributed by atoms with Crippen molar-refractivity contribution in [3.05, 3.63) is 29.8 Å². The van der Waals surface area contributed by atoms with Crippen molar-refractivity contribution in [1.29, 1.82) is 0 Å². The topological polar surface area (TPSA) is 52.6 Å². The lowest BCUT2D eigenvalue weighted by molar-refractivity contribution is 0.194. The number of nitrogens with one attached hydrogen (secondary N) is 1. The van der Waals surface area contributed by atoms with Crippen molar-refractivity contribution in [1.82, 2.24) is 9.62 Å². The number of aryl methyl sites for hydroxylation is 1. The lowest BCUT2D eigenvalue weighted by Crippen LogP contribution is -2.45. The molecule has 0 aromatic heterocycles. The number of sulfonamides is 1. The lowest BCUT2D eigenvalue weighted by Gasteiger charge is -2.38. The minimum Gasteiger partial charge on any atom is -0.371 e. The Bertz CT molecular complexity index is 694. The monoisotopic (exact) mass is 379 g/mol. The van der Waals surface area contributed by atoms with Crippen LogP contribution < -0.4 is 9.62 Å². The second kappa shape index (κ2) is 7.87. The van der Waals surface area contributed by atoms with Gasteiger partial charge in [-0.05, 0) is 43.7 Å². The maximum Gasteiger partial charge on any atom is 0.209 e. The number of benzene rings is 1. The van der Waals surface area contributed by atoms with Crippen molar-refractivity contribution in [2.24, 2.45) is 11.8 Å². The van der Waals surface area contributed by atoms with E-state index in [1.165, 1.54) is 17.5 Å². The van der Waals surface area contributed by atoms with Gasteiger partial charge >= 0.3 is 0 Å². The van der Waals surface area contributed by atoms with Crippen molar-refractivity contribution < 1.29 is 8.42 Å². The summed E-state index contributed by atoms with van der Waals surface area (Å²) in [7, 11) is -3.16. The van der Waals surface area contributed by atoms with E-state index in [9.17, 15) is 8.42 Å². The quantitative estimate of drug-likeness (QED) is 0.854. The molecule has 5 nitrogen and oxygen atoms in total. The van der Waals surface area contributed by atoms with Gasteiger partial charge in [-0.25, -0.2) is 13.1 Å². The van der Waals surface area contributed by atoms with Crippen molar-refractivity contribution in [2.45, 2.75) is 45.7 Å². The zero-order chi connectivity index (χ0) is 18.9. The van der Waals surface area contributed by atoms with Crippen molar-refractivity contribution in [3.63, 3.8) is 0 Å². The molecular weight excluding hydrogens is 346 g/mol. The molecule has 2 fully saturated rings. The van der Waals surface area contributed by atoms with E-state index in [0.717, 1.165) is 39.0 Å². The molecule has 0 amide bonds. The zero-order valence-electron chi connectivity index (χ0n) is 16.5. The van der Waals surface area contributed by atoms with Crippen LogP contribution in [0.2, 0.25) is 0 Å². The molecule has 2 saturated heterocycles. The van der Waals surface area contributed by atoms with E-state index in [0.29, 0.717) is 17.9 Å². The van der Waals surface area contributed by atoms with Crippen LogP contribution >= 0.6 is 0 Å². The summed E-state index contributed by atoms with van der Waals surface area (Å²) in [6, 6.07) is 9.38. The summed E-state index contributed by atoms with van der Waals surface area (Å²) in [4.78, 5) is 5.00. The Hall–Kier alpha value is -1.11. The molecule has 0 unspecified atom stereocenters. The molecule has 2 aliphatic heterocycles. The summed E-state index contributed by atoms with van der Waals surface area (Å²) in [5.74, 6) is 0.867. The highest BCUT2D eigenvalue weighted by Crippen LogP contribution is 2.30. The second-order valence-corrected chi connectivity index (χ2v) is 10.2. The number of hydrogen-bond donors (Lipinski definition) is 1. The summed E-state index contributed by atoms with van der Waals surface area (Å²) < 4.78 is 26.3. The Balaban J connectivity index is 1.59. The average molecular weight is 380 g/mol. The molecule has 26 heavy (non-hydrogen) atoms. The molecule has 1 aromatic rings. The Kier molecular flexibility index (Phi) is 5.94. The lowest BCUT2D eigenvalue weighted by atomic mass is 9.92. The van der Waals surface area contributed by atoms with Crippen LogP contribution in [0.4, 0.5) is 5.69 Å². The van der Waals surface area contributed by atoms with Gasteiger partial charge in [0.2, 0.25) is 10.0 Å². The van der Waals surface area contributed by atoms with E-state index in [4.69, 9.17) is 0 Å². The SMILES string of the molecule is Cc1ccc(N2CCC(N3C[C@@H](NS(C)(=O)=O)[C@H](C(C)C)C3)CC2)cc1. The van der Waals surface area contributed by atoms with E-state index < -0.39 is 10.0 Å². The first-order valence-corrected chi connectivity index (χ1v) is 11.6. The van der Waals surface area contributed by atoms with Crippen LogP contribution in [0.1, 0.15) is 32.3 Å². The fourth-order valence-corrected chi connectivity index (χ4v) is 5.28. The van der Waals surface area contributed by atoms with E-state index >= 15 is 0 Å². The first-order chi connectivity index (χ1) is 12.2. The molecule has 0 radical (unpaired) electrons. The van der Waals surface area contributed by atoms with Crippen molar-refractivity contribution in [3.8, 4) is 0 Å². The molecule has 0 spiro atoms. The van der Waals surface area contributed by atoms with Gasteiger partial charge in [0.15, 0.2) is 0 Å². The third-order valence-electron chi connectivity index (χ3n) is 6.00. The maximum atomic E-state index is 11.7. The number of rotatable bonds is 5. The van der Waals surface area contributed by atoms with Gasteiger partial charge in [-0.1, -0.05) is 31.5 Å². The molecule has 146 valence electrons. The van der Waals surface area contributed by atoms with Gasteiger partial charge < -0.3 is 4.90 Å². The molecule has 2 heterocycles. The molecule has 2 aliphatic rings. The molecule has 0 saturated carbocycles. The third kappa shape index (κ3) is 4.78. The summed E-state index contributed by atoms with van der Waals surface area (Å²) >= 11 is 0. The van der Waals surface area contributed by atoms with Crippen molar-refractivity contribution >= 4 is 15.7 Å². The summed E-state index contributed by atoms with van der Waals surface area (Å²) in [5, 5.41) is 0. The Morgan fingerprint density at radius 2 is 1.69 bits per heavy atom. The first kappa shape index (κ1) is 19.6. The highest BCUT2D eigenvalue weighted by molar-refractivity contribution is 7.88. The number of hydrogen-bond acceptors (Lipinski definition) is 4. The van der Waals surface area contributed by atoms with Gasteiger partial charge in [-0.2, -0.15) is 0 Å². The van der Waals surface area contributed by atoms with Gasteiger partial charge in [0.05, 0.1) is 6.26 Å². The summed E-state index contributed by atoms with van der Waals surface area (Å²) in [5.41, 5.74) is 2.61. The van der Waals surface area contributed by atoms with E-state index in [2.05, 4.69) is 59.6 Å². The van der Waals surface area contributed by atoms with E-state index in [1.54, 1.807) is 0 Å². The zero-order valence-corrected chi connectivity index (χ0v) is 17.3. The molecule has 1 aromatic carbocycles. The highest BCUT2D eigenvalue weighted by atomic mass is 32.2. The smallest absolute Gasteiger partial charge is 0.209 e. The fraction of sp³-hybridized carbons (Fsp3) is 0.700. The average Bonchev–Trinajstić information content (AvgIpc) is 2.98. The molecule has 2 atom stereocenters. The Morgan fingerprint density at radius 3 is 2.23 bits per heavy atom. The molecule has 3 rings (SSSR count). The van der Waals surface area contributed by atoms with Gasteiger partial charge in [0.1, 0.15) is 0 Å². The molecule has 6 heteroatoms. The van der Waals surface area contributed by atoms with Crippen LogP contribution in [0.15, 0.2) is 24.3 Å². The minimum absolute atomic E-state index is 0.0418. The number of anilines is 1. The molecule has 0 aliphatic carbocycles. The van der Waals surface area contributed by atoms with Gasteiger partial charge in [0, 0.05) is 44.0 Å². The van der Waals surface area contributed by atoms with Crippen LogP contribution in [0.25, 0.3) is 0 Å². The van der Waals surface area contributed by atoms with Crippen LogP contribution in [0, 0.1) is 18.8 Å². The van der Waals surface area contributed by atoms with Gasteiger partial charge in [-0.3, -0.25) is 4.90 Å². The highest BCUT2D eigenvalue weighted by Gasteiger charge is 2.39. The van der Waals surface area contributed by atoms with Crippen molar-refractivity contribution in [2.75, 3.05) is 37.3 Å². The molecular formula is C20H33N3O2S. The largest absolute Gasteiger partial charge is 0.371 e. The van der Waals surface area contributed by atoms with Gasteiger partial charge in [-0.15, -0.1) is 0 Å². The third-order valence-corrected chi connectivity index (χ3v) is 6.73. The van der Waals surface area contributed by atoms with E-state index in [-0.39, 0.29) is 6.04 Å².